The molecule has 1 radical (unpaired) electrons. The fourth-order valence-electron chi connectivity index (χ4n) is 0. The SMILES string of the molecule is O=P(O)(O)O.O=P(O)(O)O.[Fe].[LiH].[LiH].[V]. The second-order valence-corrected chi connectivity index (χ2v) is 3.08. The van der Waals surface area contributed by atoms with Crippen molar-refractivity contribution in [1.82, 2.24) is 0 Å². The summed E-state index contributed by atoms with van der Waals surface area (Å²) in [7, 11) is -9.28. The van der Waals surface area contributed by atoms with Gasteiger partial charge in [0, 0.05) is 35.6 Å². The van der Waals surface area contributed by atoms with Gasteiger partial charge in [0.05, 0.1) is 0 Å². The van der Waals surface area contributed by atoms with E-state index >= 15 is 0 Å². The average molecular weight is 319 g/mol. The number of phosphoric acid groups is 2. The number of rotatable bonds is 0. The van der Waals surface area contributed by atoms with Crippen LogP contribution in [0.4, 0.5) is 0 Å². The molecule has 0 aromatic heterocycles. The molecule has 0 bridgehead atoms. The summed E-state index contributed by atoms with van der Waals surface area (Å²) in [5, 5.41) is 0. The van der Waals surface area contributed by atoms with Gasteiger partial charge < -0.3 is 29.4 Å². The molecule has 0 heterocycles. The molecule has 0 aliphatic carbocycles. The smallest absolute Gasteiger partial charge is 0 e. The van der Waals surface area contributed by atoms with Crippen molar-refractivity contribution in [3.8, 4) is 0 Å². The third-order valence-corrected chi connectivity index (χ3v) is 0. The van der Waals surface area contributed by atoms with Crippen LogP contribution in [-0.4, -0.2) is 67.1 Å². The van der Waals surface area contributed by atoms with Crippen molar-refractivity contribution < 1.29 is 74.1 Å². The molecule has 0 aliphatic heterocycles. The summed E-state index contributed by atoms with van der Waals surface area (Å²) in [6, 6.07) is 0. The molecule has 6 N–H and O–H groups in total. The van der Waals surface area contributed by atoms with Gasteiger partial charge in [-0.05, 0) is 0 Å². The largest absolute Gasteiger partial charge is 0 e. The first-order valence-corrected chi connectivity index (χ1v) is 4.70. The molecule has 0 unspecified atom stereocenters. The first-order valence-electron chi connectivity index (χ1n) is 1.57. The van der Waals surface area contributed by atoms with Gasteiger partial charge in [-0.3, -0.25) is 0 Å². The van der Waals surface area contributed by atoms with Gasteiger partial charge in [0.1, 0.15) is 0 Å². The van der Waals surface area contributed by atoms with Gasteiger partial charge in [0.25, 0.3) is 0 Å². The second-order valence-electron chi connectivity index (χ2n) is 1.03. The Labute approximate surface area is 126 Å². The van der Waals surface area contributed by atoms with Gasteiger partial charge in [-0.25, -0.2) is 9.13 Å². The molecule has 8 nitrogen and oxygen atoms in total. The summed E-state index contributed by atoms with van der Waals surface area (Å²) in [5.41, 5.74) is 0. The van der Waals surface area contributed by atoms with Crippen molar-refractivity contribution in [2.75, 3.05) is 0 Å². The van der Waals surface area contributed by atoms with Crippen LogP contribution in [0.1, 0.15) is 0 Å². The summed E-state index contributed by atoms with van der Waals surface area (Å²) >= 11 is 0. The Hall–Kier alpha value is 2.52. The third-order valence-electron chi connectivity index (χ3n) is 0. The zero-order chi connectivity index (χ0) is 9.00. The molecule has 0 spiro atoms. The minimum atomic E-state index is -4.64. The van der Waals surface area contributed by atoms with Crippen LogP contribution in [0, 0.1) is 0 Å². The first-order chi connectivity index (χ1) is 4.00. The quantitative estimate of drug-likeness (QED) is 0.202. The van der Waals surface area contributed by atoms with Gasteiger partial charge >= 0.3 is 53.4 Å². The fourth-order valence-corrected chi connectivity index (χ4v) is 0. The molecular formula is H8FeLi2O8P2V. The molecule has 0 aliphatic rings. The summed E-state index contributed by atoms with van der Waals surface area (Å²) in [5.74, 6) is 0. The van der Waals surface area contributed by atoms with E-state index in [4.69, 9.17) is 38.5 Å². The molecule has 0 rings (SSSR count). The molecule has 0 amide bonds. The van der Waals surface area contributed by atoms with Gasteiger partial charge in [-0.1, -0.05) is 0 Å². The van der Waals surface area contributed by atoms with Gasteiger partial charge in [-0.15, -0.1) is 0 Å². The van der Waals surface area contributed by atoms with Crippen LogP contribution in [0.3, 0.4) is 0 Å². The van der Waals surface area contributed by atoms with Crippen LogP contribution in [0.15, 0.2) is 0 Å². The Bertz CT molecular complexity index is 138. The van der Waals surface area contributed by atoms with Gasteiger partial charge in [0.2, 0.25) is 0 Å². The summed E-state index contributed by atoms with van der Waals surface area (Å²) in [4.78, 5) is 43.1. The molecular weight excluding hydrogens is 311 g/mol. The minimum absolute atomic E-state index is 0. The maximum Gasteiger partial charge on any atom is 0 e. The molecule has 0 atom stereocenters. The maximum atomic E-state index is 8.88. The van der Waals surface area contributed by atoms with Crippen LogP contribution in [0.2, 0.25) is 0 Å². The van der Waals surface area contributed by atoms with Crippen LogP contribution < -0.4 is 0 Å². The summed E-state index contributed by atoms with van der Waals surface area (Å²) < 4.78 is 17.8. The molecule has 14 heteroatoms. The maximum absolute atomic E-state index is 8.88. The van der Waals surface area contributed by atoms with E-state index in [9.17, 15) is 0 Å². The normalized spacial score (nSPS) is 8.43. The monoisotopic (exact) mass is 319 g/mol. The first kappa shape index (κ1) is 36.0. The Morgan fingerprint density at radius 3 is 0.643 bits per heavy atom. The van der Waals surface area contributed by atoms with Crippen molar-refractivity contribution in [3.63, 3.8) is 0 Å². The predicted molar refractivity (Wildman–Crippen MR) is 42.8 cm³/mol. The molecule has 81 valence electrons. The van der Waals surface area contributed by atoms with Crippen molar-refractivity contribution in [2.24, 2.45) is 0 Å². The Morgan fingerprint density at radius 1 is 0.643 bits per heavy atom. The molecule has 0 aromatic rings. The molecule has 14 heavy (non-hydrogen) atoms. The van der Waals surface area contributed by atoms with E-state index in [2.05, 4.69) is 0 Å². The zero-order valence-electron chi connectivity index (χ0n) is 5.19. The van der Waals surface area contributed by atoms with E-state index in [-0.39, 0.29) is 73.3 Å². The van der Waals surface area contributed by atoms with Crippen LogP contribution in [0.25, 0.3) is 0 Å². The van der Waals surface area contributed by atoms with E-state index in [1.54, 1.807) is 0 Å². The van der Waals surface area contributed by atoms with Crippen LogP contribution >= 0.6 is 15.6 Å². The van der Waals surface area contributed by atoms with E-state index in [1.165, 1.54) is 0 Å². The Morgan fingerprint density at radius 2 is 0.643 bits per heavy atom. The van der Waals surface area contributed by atoms with E-state index in [0.717, 1.165) is 0 Å². The average Bonchev–Trinajstić information content (AvgIpc) is 1.12. The van der Waals surface area contributed by atoms with Crippen molar-refractivity contribution in [1.29, 1.82) is 0 Å². The minimum Gasteiger partial charge on any atom is 0 e. The van der Waals surface area contributed by atoms with Crippen LogP contribution in [0.5, 0.6) is 0 Å². The topological polar surface area (TPSA) is 156 Å². The number of hydrogen-bond donors (Lipinski definition) is 6. The standard InChI is InChI=1S/Fe.2Li.2H3O4P.V.2H/c;;;2*1-5(2,3)4;;;/h;;;2*(H3,1,2,3,4);;;. The summed E-state index contributed by atoms with van der Waals surface area (Å²) in [6.45, 7) is 0. The Kier molecular flexibility index (Phi) is 39.9. The predicted octanol–water partition coefficient (Wildman–Crippen LogP) is -3.16. The summed E-state index contributed by atoms with van der Waals surface area (Å²) in [6.07, 6.45) is 0. The van der Waals surface area contributed by atoms with E-state index in [1.807, 2.05) is 0 Å². The zero-order valence-corrected chi connectivity index (χ0v) is 9.48. The van der Waals surface area contributed by atoms with E-state index in [0.29, 0.717) is 0 Å². The van der Waals surface area contributed by atoms with Gasteiger partial charge in [-0.2, -0.15) is 0 Å². The van der Waals surface area contributed by atoms with Crippen LogP contribution in [-0.2, 0) is 44.8 Å². The Balaban J connectivity index is -0.0000000178. The molecule has 0 saturated carbocycles. The molecule has 0 saturated heterocycles. The number of hydrogen-bond acceptors (Lipinski definition) is 2. The second kappa shape index (κ2) is 15.5. The fraction of sp³-hybridized carbons (Fsp3) is 0. The third kappa shape index (κ3) is 418. The molecule has 0 aromatic carbocycles. The van der Waals surface area contributed by atoms with Crippen molar-refractivity contribution in [2.45, 2.75) is 0 Å². The van der Waals surface area contributed by atoms with Gasteiger partial charge in [0.15, 0.2) is 0 Å². The van der Waals surface area contributed by atoms with Crippen molar-refractivity contribution in [3.05, 3.63) is 0 Å². The van der Waals surface area contributed by atoms with E-state index < -0.39 is 15.6 Å². The van der Waals surface area contributed by atoms with Crippen molar-refractivity contribution >= 4 is 53.4 Å². The molecule has 0 fully saturated rings.